The van der Waals surface area contributed by atoms with Crippen LogP contribution in [0, 0.1) is 0 Å². The molecule has 1 aliphatic rings. The summed E-state index contributed by atoms with van der Waals surface area (Å²) in [6, 6.07) is 12.4. The molecule has 0 bridgehead atoms. The molecule has 0 aliphatic carbocycles. The monoisotopic (exact) mass is 431 g/mol. The second-order valence-corrected chi connectivity index (χ2v) is 9.21. The molecule has 0 atom stereocenters. The van der Waals surface area contributed by atoms with Gasteiger partial charge in [-0.3, -0.25) is 0 Å². The van der Waals surface area contributed by atoms with Crippen LogP contribution >= 0.6 is 0 Å². The van der Waals surface area contributed by atoms with Crippen molar-refractivity contribution < 1.29 is 10.2 Å². The van der Waals surface area contributed by atoms with E-state index in [9.17, 15) is 10.2 Å². The number of hydrogen-bond donors (Lipinski definition) is 4. The third-order valence-electron chi connectivity index (χ3n) is 7.17. The molecule has 1 fully saturated rings. The van der Waals surface area contributed by atoms with E-state index in [0.717, 1.165) is 36.2 Å². The van der Waals surface area contributed by atoms with Gasteiger partial charge in [0.1, 0.15) is 0 Å². The molecule has 5 nitrogen and oxygen atoms in total. The summed E-state index contributed by atoms with van der Waals surface area (Å²) in [5.74, 6) is 0.598. The summed E-state index contributed by atoms with van der Waals surface area (Å²) in [6.45, 7) is 3.67. The largest absolute Gasteiger partial charge is 0.392 e. The van der Waals surface area contributed by atoms with Crippen molar-refractivity contribution in [3.8, 4) is 0 Å². The number of aliphatic hydroxyl groups is 2. The molecule has 1 aliphatic heterocycles. The van der Waals surface area contributed by atoms with Gasteiger partial charge in [0.25, 0.3) is 0 Å². The van der Waals surface area contributed by atoms with Gasteiger partial charge in [-0.15, -0.1) is 0 Å². The number of unbranched alkanes of at least 4 members (excludes halogenated alkanes) is 1. The summed E-state index contributed by atoms with van der Waals surface area (Å²) in [6.07, 6.45) is 10.2. The summed E-state index contributed by atoms with van der Waals surface area (Å²) in [4.78, 5) is 9.39. The number of aryl methyl sites for hydroxylation is 1. The van der Waals surface area contributed by atoms with Crippen molar-refractivity contribution in [3.63, 3.8) is 0 Å². The number of benzene rings is 2. The molecule has 2 aromatic carbocycles. The average Bonchev–Trinajstić information content (AvgIpc) is 3.45. The Morgan fingerprint density at radius 3 is 2.19 bits per heavy atom. The van der Waals surface area contributed by atoms with Crippen LogP contribution in [0.25, 0.3) is 21.8 Å². The number of piperidine rings is 1. The highest BCUT2D eigenvalue weighted by Crippen LogP contribution is 2.33. The number of aromatic amines is 2. The van der Waals surface area contributed by atoms with E-state index in [1.165, 1.54) is 59.6 Å². The topological polar surface area (TPSA) is 75.3 Å². The quantitative estimate of drug-likeness (QED) is 0.302. The van der Waals surface area contributed by atoms with Gasteiger partial charge in [0, 0.05) is 34.2 Å². The third-order valence-corrected chi connectivity index (χ3v) is 7.17. The van der Waals surface area contributed by atoms with Gasteiger partial charge >= 0.3 is 0 Å². The third kappa shape index (κ3) is 4.33. The minimum absolute atomic E-state index is 0.0949. The normalized spacial score (nSPS) is 15.8. The van der Waals surface area contributed by atoms with Gasteiger partial charge in [-0.25, -0.2) is 0 Å². The fourth-order valence-electron chi connectivity index (χ4n) is 5.27. The molecule has 0 unspecified atom stereocenters. The Bertz CT molecular complexity index is 1180. The zero-order valence-electron chi connectivity index (χ0n) is 18.6. The number of aromatic nitrogens is 2. The van der Waals surface area contributed by atoms with E-state index in [4.69, 9.17) is 0 Å². The van der Waals surface area contributed by atoms with Gasteiger partial charge in [-0.2, -0.15) is 0 Å². The Labute approximate surface area is 189 Å². The van der Waals surface area contributed by atoms with E-state index in [1.807, 2.05) is 12.1 Å². The predicted molar refractivity (Wildman–Crippen MR) is 130 cm³/mol. The number of rotatable bonds is 8. The molecule has 0 saturated carbocycles. The van der Waals surface area contributed by atoms with Crippen LogP contribution in [0.3, 0.4) is 0 Å². The van der Waals surface area contributed by atoms with Crippen molar-refractivity contribution in [3.05, 3.63) is 71.0 Å². The van der Waals surface area contributed by atoms with E-state index in [-0.39, 0.29) is 13.2 Å². The molecule has 5 heteroatoms. The van der Waals surface area contributed by atoms with Crippen molar-refractivity contribution in [2.45, 2.75) is 51.2 Å². The minimum atomic E-state index is 0.0949. The second-order valence-electron chi connectivity index (χ2n) is 9.21. The highest BCUT2D eigenvalue weighted by atomic mass is 16.3. The van der Waals surface area contributed by atoms with Crippen LogP contribution in [0.5, 0.6) is 0 Å². The molecule has 1 saturated heterocycles. The van der Waals surface area contributed by atoms with Crippen LogP contribution in [0.1, 0.15) is 53.9 Å². The number of nitrogens with zero attached hydrogens (tertiary/aromatic N) is 1. The molecule has 2 aromatic heterocycles. The maximum Gasteiger partial charge on any atom is 0.0682 e. The molecular weight excluding hydrogens is 398 g/mol. The van der Waals surface area contributed by atoms with Crippen LogP contribution < -0.4 is 0 Å². The molecular formula is C27H33N3O2. The first-order valence-electron chi connectivity index (χ1n) is 11.9. The van der Waals surface area contributed by atoms with Crippen LogP contribution in [0.2, 0.25) is 0 Å². The van der Waals surface area contributed by atoms with Crippen molar-refractivity contribution in [1.29, 1.82) is 0 Å². The Hall–Kier alpha value is -2.60. The molecule has 0 radical (unpaired) electrons. The van der Waals surface area contributed by atoms with Crippen LogP contribution in [0.4, 0.5) is 0 Å². The van der Waals surface area contributed by atoms with Crippen LogP contribution in [0.15, 0.2) is 48.8 Å². The first kappa shape index (κ1) is 21.3. The number of likely N-dealkylation sites (tertiary alicyclic amines) is 1. The molecule has 5 rings (SSSR count). The minimum Gasteiger partial charge on any atom is -0.392 e. The van der Waals surface area contributed by atoms with E-state index < -0.39 is 0 Å². The number of nitrogens with one attached hydrogen (secondary N) is 2. The molecule has 0 spiro atoms. The first-order chi connectivity index (χ1) is 15.7. The molecule has 0 amide bonds. The molecule has 4 N–H and O–H groups in total. The van der Waals surface area contributed by atoms with E-state index in [1.54, 1.807) is 0 Å². The fourth-order valence-corrected chi connectivity index (χ4v) is 5.27. The summed E-state index contributed by atoms with van der Waals surface area (Å²) in [5.41, 5.74) is 7.06. The van der Waals surface area contributed by atoms with E-state index in [0.29, 0.717) is 5.92 Å². The van der Waals surface area contributed by atoms with Crippen molar-refractivity contribution in [1.82, 2.24) is 14.9 Å². The smallest absolute Gasteiger partial charge is 0.0682 e. The van der Waals surface area contributed by atoms with Crippen molar-refractivity contribution >= 4 is 21.8 Å². The lowest BCUT2D eigenvalue weighted by Crippen LogP contribution is -2.33. The predicted octanol–water partition coefficient (Wildman–Crippen LogP) is 4.84. The molecule has 168 valence electrons. The summed E-state index contributed by atoms with van der Waals surface area (Å²) in [7, 11) is 0. The summed E-state index contributed by atoms with van der Waals surface area (Å²) in [5, 5.41) is 21.4. The van der Waals surface area contributed by atoms with Gasteiger partial charge in [0.15, 0.2) is 0 Å². The van der Waals surface area contributed by atoms with Gasteiger partial charge in [0.05, 0.1) is 13.2 Å². The Balaban J connectivity index is 1.11. The maximum absolute atomic E-state index is 9.48. The Kier molecular flexibility index (Phi) is 6.30. The lowest BCUT2D eigenvalue weighted by molar-refractivity contribution is 0.209. The second kappa shape index (κ2) is 9.49. The van der Waals surface area contributed by atoms with Crippen LogP contribution in [-0.4, -0.2) is 44.7 Å². The van der Waals surface area contributed by atoms with E-state index >= 15 is 0 Å². The molecule has 4 aromatic rings. The van der Waals surface area contributed by atoms with E-state index in [2.05, 4.69) is 51.5 Å². The maximum atomic E-state index is 9.48. The van der Waals surface area contributed by atoms with Gasteiger partial charge in [0.2, 0.25) is 0 Å². The SMILES string of the molecule is OCc1ccc2[nH]cc(CCCCN3CCC(c4c[nH]c5ccc(CO)cc45)CC3)c2c1. The highest BCUT2D eigenvalue weighted by molar-refractivity contribution is 5.85. The summed E-state index contributed by atoms with van der Waals surface area (Å²) >= 11 is 0. The number of H-pyrrole nitrogens is 2. The van der Waals surface area contributed by atoms with Crippen molar-refractivity contribution in [2.75, 3.05) is 19.6 Å². The zero-order valence-corrected chi connectivity index (χ0v) is 18.6. The molecule has 32 heavy (non-hydrogen) atoms. The van der Waals surface area contributed by atoms with Gasteiger partial charge in [-0.05, 0) is 104 Å². The summed E-state index contributed by atoms with van der Waals surface area (Å²) < 4.78 is 0. The lowest BCUT2D eigenvalue weighted by atomic mass is 9.89. The van der Waals surface area contributed by atoms with Gasteiger partial charge in [-0.1, -0.05) is 12.1 Å². The zero-order chi connectivity index (χ0) is 21.9. The Morgan fingerprint density at radius 1 is 0.812 bits per heavy atom. The van der Waals surface area contributed by atoms with Gasteiger partial charge < -0.3 is 25.1 Å². The van der Waals surface area contributed by atoms with Crippen molar-refractivity contribution in [2.24, 2.45) is 0 Å². The average molecular weight is 432 g/mol. The van der Waals surface area contributed by atoms with Crippen LogP contribution in [-0.2, 0) is 19.6 Å². The standard InChI is InChI=1S/C27H33N3O2/c31-17-19-4-6-26-23(13-19)22(15-28-26)3-1-2-10-30-11-8-21(9-12-30)25-16-29-27-7-5-20(18-32)14-24(25)27/h4-7,13-16,21,28-29,31-32H,1-3,8-12,17-18H2. The number of aliphatic hydroxyl groups excluding tert-OH is 2. The number of hydrogen-bond acceptors (Lipinski definition) is 3. The number of fused-ring (bicyclic) bond motifs is 2. The molecule has 3 heterocycles. The first-order valence-corrected chi connectivity index (χ1v) is 11.9. The Morgan fingerprint density at radius 2 is 1.47 bits per heavy atom. The highest BCUT2D eigenvalue weighted by Gasteiger charge is 2.22. The fraction of sp³-hybridized carbons (Fsp3) is 0.407. The lowest BCUT2D eigenvalue weighted by Gasteiger charge is -2.32.